The predicted octanol–water partition coefficient (Wildman–Crippen LogP) is 4.07. The maximum absolute atomic E-state index is 3.45. The molecule has 1 aromatic carbocycles. The highest BCUT2D eigenvalue weighted by molar-refractivity contribution is 9.10. The number of benzene rings is 1. The van der Waals surface area contributed by atoms with Crippen molar-refractivity contribution >= 4 is 43.6 Å². The van der Waals surface area contributed by atoms with Crippen LogP contribution in [0.3, 0.4) is 0 Å². The molecule has 0 aliphatic rings. The fraction of sp³-hybridized carbons (Fsp3) is 0.250. The lowest BCUT2D eigenvalue weighted by atomic mass is 10.2. The van der Waals surface area contributed by atoms with E-state index in [-0.39, 0.29) is 0 Å². The standard InChI is InChI=1S/C8H8Br2S/c1-11-8-4-7(10)3-2-6(8)5-9/h2-4H,5H2,1H3. The predicted molar refractivity (Wildman–Crippen MR) is 58.6 cm³/mol. The summed E-state index contributed by atoms with van der Waals surface area (Å²) in [6.45, 7) is 0. The van der Waals surface area contributed by atoms with Crippen LogP contribution in [0.4, 0.5) is 0 Å². The van der Waals surface area contributed by atoms with E-state index in [0.29, 0.717) is 0 Å². The van der Waals surface area contributed by atoms with Gasteiger partial charge in [0.05, 0.1) is 0 Å². The third-order valence-electron chi connectivity index (χ3n) is 1.39. The Balaban J connectivity index is 3.06. The van der Waals surface area contributed by atoms with Gasteiger partial charge in [0.25, 0.3) is 0 Å². The van der Waals surface area contributed by atoms with Crippen LogP contribution in [0.1, 0.15) is 5.56 Å². The molecule has 0 saturated carbocycles. The molecule has 0 aliphatic carbocycles. The molecule has 0 fully saturated rings. The molecule has 11 heavy (non-hydrogen) atoms. The lowest BCUT2D eigenvalue weighted by Gasteiger charge is -2.03. The maximum atomic E-state index is 3.45. The fourth-order valence-corrected chi connectivity index (χ4v) is 2.66. The Hall–Kier alpha value is 0.530. The van der Waals surface area contributed by atoms with Gasteiger partial charge in [0.2, 0.25) is 0 Å². The van der Waals surface area contributed by atoms with E-state index in [9.17, 15) is 0 Å². The van der Waals surface area contributed by atoms with Crippen LogP contribution < -0.4 is 0 Å². The molecule has 60 valence electrons. The topological polar surface area (TPSA) is 0 Å². The first-order valence-corrected chi connectivity index (χ1v) is 6.30. The summed E-state index contributed by atoms with van der Waals surface area (Å²) in [5, 5.41) is 0.927. The minimum Gasteiger partial charge on any atom is -0.129 e. The van der Waals surface area contributed by atoms with E-state index < -0.39 is 0 Å². The average molecular weight is 296 g/mol. The molecule has 0 nitrogen and oxygen atoms in total. The lowest BCUT2D eigenvalue weighted by Crippen LogP contribution is -1.81. The lowest BCUT2D eigenvalue weighted by molar-refractivity contribution is 1.27. The molecule has 0 bridgehead atoms. The number of rotatable bonds is 2. The molecular weight excluding hydrogens is 288 g/mol. The summed E-state index contributed by atoms with van der Waals surface area (Å²) in [7, 11) is 0. The van der Waals surface area contributed by atoms with Crippen molar-refractivity contribution in [3.63, 3.8) is 0 Å². The summed E-state index contributed by atoms with van der Waals surface area (Å²) in [4.78, 5) is 1.33. The molecule has 1 rings (SSSR count). The van der Waals surface area contributed by atoms with E-state index in [1.807, 2.05) is 0 Å². The van der Waals surface area contributed by atoms with Gasteiger partial charge in [-0.3, -0.25) is 0 Å². The van der Waals surface area contributed by atoms with E-state index in [2.05, 4.69) is 56.3 Å². The van der Waals surface area contributed by atoms with Crippen molar-refractivity contribution in [1.29, 1.82) is 0 Å². The van der Waals surface area contributed by atoms with Crippen LogP contribution >= 0.6 is 43.6 Å². The average Bonchev–Trinajstić information content (AvgIpc) is 2.04. The molecule has 3 heteroatoms. The van der Waals surface area contributed by atoms with Crippen LogP contribution in [0.2, 0.25) is 0 Å². The van der Waals surface area contributed by atoms with Gasteiger partial charge >= 0.3 is 0 Å². The second-order valence-corrected chi connectivity index (χ2v) is 4.41. The first-order valence-electron chi connectivity index (χ1n) is 3.16. The number of hydrogen-bond donors (Lipinski definition) is 0. The van der Waals surface area contributed by atoms with Gasteiger partial charge in [-0.05, 0) is 24.0 Å². The highest BCUT2D eigenvalue weighted by Crippen LogP contribution is 2.25. The second-order valence-electron chi connectivity index (χ2n) is 2.09. The van der Waals surface area contributed by atoms with Gasteiger partial charge in [-0.25, -0.2) is 0 Å². The smallest absolute Gasteiger partial charge is 0.0294 e. The van der Waals surface area contributed by atoms with Crippen LogP contribution in [0.25, 0.3) is 0 Å². The molecular formula is C8H8Br2S. The second kappa shape index (κ2) is 4.53. The Bertz CT molecular complexity index is 248. The molecule has 0 saturated heterocycles. The van der Waals surface area contributed by atoms with Crippen molar-refractivity contribution in [1.82, 2.24) is 0 Å². The molecule has 0 aromatic heterocycles. The van der Waals surface area contributed by atoms with E-state index in [4.69, 9.17) is 0 Å². The largest absolute Gasteiger partial charge is 0.129 e. The molecule has 0 amide bonds. The quantitative estimate of drug-likeness (QED) is 0.585. The molecule has 0 aliphatic heterocycles. The van der Waals surface area contributed by atoms with Crippen molar-refractivity contribution in [2.24, 2.45) is 0 Å². The Kier molecular flexibility index (Phi) is 3.96. The summed E-state index contributed by atoms with van der Waals surface area (Å²) in [6.07, 6.45) is 2.09. The highest BCUT2D eigenvalue weighted by Gasteiger charge is 1.99. The zero-order valence-electron chi connectivity index (χ0n) is 6.10. The zero-order chi connectivity index (χ0) is 8.27. The minimum absolute atomic E-state index is 0.927. The van der Waals surface area contributed by atoms with E-state index in [0.717, 1.165) is 9.80 Å². The van der Waals surface area contributed by atoms with Crippen LogP contribution in [-0.4, -0.2) is 6.26 Å². The minimum atomic E-state index is 0.927. The van der Waals surface area contributed by atoms with E-state index in [1.54, 1.807) is 11.8 Å². The monoisotopic (exact) mass is 294 g/mol. The molecule has 0 N–H and O–H groups in total. The third-order valence-corrected chi connectivity index (χ3v) is 3.31. The molecule has 0 unspecified atom stereocenters. The number of thioether (sulfide) groups is 1. The summed E-state index contributed by atoms with van der Waals surface area (Å²) in [6, 6.07) is 6.34. The van der Waals surface area contributed by atoms with Crippen molar-refractivity contribution < 1.29 is 0 Å². The Morgan fingerprint density at radius 2 is 2.18 bits per heavy atom. The molecule has 0 heterocycles. The Morgan fingerprint density at radius 1 is 1.45 bits per heavy atom. The van der Waals surface area contributed by atoms with Crippen LogP contribution in [0, 0.1) is 0 Å². The van der Waals surface area contributed by atoms with Gasteiger partial charge in [0.1, 0.15) is 0 Å². The number of hydrogen-bond acceptors (Lipinski definition) is 1. The summed E-state index contributed by atoms with van der Waals surface area (Å²) < 4.78 is 1.14. The molecule has 0 atom stereocenters. The Labute approximate surface area is 88.0 Å². The molecule has 1 aromatic rings. The number of halogens is 2. The third kappa shape index (κ3) is 2.49. The van der Waals surface area contributed by atoms with Gasteiger partial charge in [-0.2, -0.15) is 0 Å². The van der Waals surface area contributed by atoms with Crippen LogP contribution in [0.5, 0.6) is 0 Å². The fourth-order valence-electron chi connectivity index (χ4n) is 0.829. The van der Waals surface area contributed by atoms with E-state index >= 15 is 0 Å². The van der Waals surface area contributed by atoms with Crippen molar-refractivity contribution in [2.45, 2.75) is 10.2 Å². The van der Waals surface area contributed by atoms with Crippen molar-refractivity contribution in [3.8, 4) is 0 Å². The summed E-state index contributed by atoms with van der Waals surface area (Å²) >= 11 is 8.66. The van der Waals surface area contributed by atoms with Gasteiger partial charge < -0.3 is 0 Å². The maximum Gasteiger partial charge on any atom is 0.0294 e. The van der Waals surface area contributed by atoms with Gasteiger partial charge in [0, 0.05) is 14.7 Å². The summed E-state index contributed by atoms with van der Waals surface area (Å²) in [5.74, 6) is 0. The van der Waals surface area contributed by atoms with Gasteiger partial charge in [-0.15, -0.1) is 11.8 Å². The number of alkyl halides is 1. The zero-order valence-corrected chi connectivity index (χ0v) is 10.1. The first kappa shape index (κ1) is 9.62. The van der Waals surface area contributed by atoms with Gasteiger partial charge in [0.15, 0.2) is 0 Å². The first-order chi connectivity index (χ1) is 5.27. The normalized spacial score (nSPS) is 10.1. The summed E-state index contributed by atoms with van der Waals surface area (Å²) in [5.41, 5.74) is 1.35. The SMILES string of the molecule is CSc1cc(Br)ccc1CBr. The van der Waals surface area contributed by atoms with Gasteiger partial charge in [-0.1, -0.05) is 37.9 Å². The van der Waals surface area contributed by atoms with E-state index in [1.165, 1.54) is 10.5 Å². The Morgan fingerprint density at radius 3 is 2.73 bits per heavy atom. The van der Waals surface area contributed by atoms with Crippen LogP contribution in [-0.2, 0) is 5.33 Å². The van der Waals surface area contributed by atoms with Crippen LogP contribution in [0.15, 0.2) is 27.6 Å². The van der Waals surface area contributed by atoms with Crippen molar-refractivity contribution in [2.75, 3.05) is 6.26 Å². The van der Waals surface area contributed by atoms with Crippen molar-refractivity contribution in [3.05, 3.63) is 28.2 Å². The molecule has 0 radical (unpaired) electrons. The molecule has 0 spiro atoms. The highest BCUT2D eigenvalue weighted by atomic mass is 79.9.